The lowest BCUT2D eigenvalue weighted by Crippen LogP contribution is -2.31. The fourth-order valence-corrected chi connectivity index (χ4v) is 3.52. The van der Waals surface area contributed by atoms with E-state index >= 15 is 0 Å². The minimum Gasteiger partial charge on any atom is -0.494 e. The van der Waals surface area contributed by atoms with E-state index in [0.29, 0.717) is 23.8 Å². The van der Waals surface area contributed by atoms with Crippen molar-refractivity contribution in [3.05, 3.63) is 76.1 Å². The summed E-state index contributed by atoms with van der Waals surface area (Å²) in [5.74, 6) is 1.06. The molecular formula is C23H23N3O3. The quantitative estimate of drug-likeness (QED) is 0.622. The molecule has 2 aromatic carbocycles. The van der Waals surface area contributed by atoms with Crippen LogP contribution in [-0.2, 0) is 4.79 Å². The molecule has 0 aliphatic carbocycles. The second kappa shape index (κ2) is 8.31. The first-order valence-electron chi connectivity index (χ1n) is 9.88. The summed E-state index contributed by atoms with van der Waals surface area (Å²) in [5.41, 5.74) is 1.94. The van der Waals surface area contributed by atoms with Gasteiger partial charge in [-0.3, -0.25) is 9.59 Å². The lowest BCUT2D eigenvalue weighted by Gasteiger charge is -2.24. The van der Waals surface area contributed by atoms with Gasteiger partial charge in [0.05, 0.1) is 12.2 Å². The van der Waals surface area contributed by atoms with E-state index in [1.807, 2.05) is 54.6 Å². The highest BCUT2D eigenvalue weighted by molar-refractivity contribution is 5.94. The molecule has 1 aromatic heterocycles. The van der Waals surface area contributed by atoms with Crippen LogP contribution in [0.4, 0.5) is 5.82 Å². The van der Waals surface area contributed by atoms with Crippen LogP contribution in [0, 0.1) is 0 Å². The fraction of sp³-hybridized carbons (Fsp3) is 0.261. The highest BCUT2D eigenvalue weighted by Crippen LogP contribution is 2.35. The topological polar surface area (TPSA) is 84.1 Å². The molecule has 3 aromatic rings. The number of carbonyl (C=O) groups excluding carboxylic acids is 1. The average molecular weight is 389 g/mol. The number of rotatable bonds is 6. The predicted octanol–water partition coefficient (Wildman–Crippen LogP) is 4.09. The van der Waals surface area contributed by atoms with Crippen molar-refractivity contribution >= 4 is 11.7 Å². The molecule has 148 valence electrons. The number of hydrogen-bond donors (Lipinski definition) is 2. The number of benzene rings is 2. The fourth-order valence-electron chi connectivity index (χ4n) is 3.52. The number of carbonyl (C=O) groups is 1. The number of aromatic amines is 1. The Morgan fingerprint density at radius 1 is 1.07 bits per heavy atom. The van der Waals surface area contributed by atoms with Gasteiger partial charge in [-0.15, -0.1) is 0 Å². The van der Waals surface area contributed by atoms with Crippen LogP contribution in [0.5, 0.6) is 5.75 Å². The molecule has 6 nitrogen and oxygen atoms in total. The molecule has 6 heteroatoms. The molecule has 2 heterocycles. The molecule has 2 N–H and O–H groups in total. The maximum absolute atomic E-state index is 12.9. The van der Waals surface area contributed by atoms with Gasteiger partial charge in [-0.2, -0.15) is 0 Å². The van der Waals surface area contributed by atoms with Crippen LogP contribution >= 0.6 is 0 Å². The minimum absolute atomic E-state index is 0.150. The van der Waals surface area contributed by atoms with Crippen molar-refractivity contribution in [3.8, 4) is 17.1 Å². The first-order valence-corrected chi connectivity index (χ1v) is 9.88. The first-order chi connectivity index (χ1) is 14.2. The summed E-state index contributed by atoms with van der Waals surface area (Å²) in [7, 11) is 0. The summed E-state index contributed by atoms with van der Waals surface area (Å²) in [5, 5.41) is 2.76. The van der Waals surface area contributed by atoms with E-state index in [1.54, 1.807) is 0 Å². The van der Waals surface area contributed by atoms with Gasteiger partial charge < -0.3 is 15.0 Å². The molecule has 0 bridgehead atoms. The molecule has 0 radical (unpaired) electrons. The van der Waals surface area contributed by atoms with Gasteiger partial charge in [0.2, 0.25) is 5.91 Å². The molecule has 1 aliphatic rings. The van der Waals surface area contributed by atoms with E-state index < -0.39 is 0 Å². The van der Waals surface area contributed by atoms with Gasteiger partial charge in [0, 0.05) is 17.9 Å². The monoisotopic (exact) mass is 389 g/mol. The number of nitrogens with zero attached hydrogens (tertiary/aromatic N) is 1. The number of hydrogen-bond acceptors (Lipinski definition) is 4. The Labute approximate surface area is 169 Å². The Balaban J connectivity index is 1.67. The molecule has 1 unspecified atom stereocenters. The maximum Gasteiger partial charge on any atom is 0.257 e. The normalized spacial score (nSPS) is 15.5. The number of anilines is 1. The second-order valence-electron chi connectivity index (χ2n) is 7.12. The van der Waals surface area contributed by atoms with Gasteiger partial charge in [0.25, 0.3) is 5.56 Å². The number of ether oxygens (including phenoxy) is 1. The Bertz CT molecular complexity index is 1060. The molecular weight excluding hydrogens is 366 g/mol. The van der Waals surface area contributed by atoms with Crippen molar-refractivity contribution in [1.29, 1.82) is 0 Å². The van der Waals surface area contributed by atoms with Crippen molar-refractivity contribution in [2.75, 3.05) is 11.9 Å². The van der Waals surface area contributed by atoms with Gasteiger partial charge in [0.1, 0.15) is 17.4 Å². The van der Waals surface area contributed by atoms with Crippen molar-refractivity contribution in [2.24, 2.45) is 0 Å². The van der Waals surface area contributed by atoms with Gasteiger partial charge in [-0.1, -0.05) is 55.8 Å². The summed E-state index contributed by atoms with van der Waals surface area (Å²) >= 11 is 0. The van der Waals surface area contributed by atoms with Crippen molar-refractivity contribution < 1.29 is 9.53 Å². The van der Waals surface area contributed by atoms with E-state index in [4.69, 9.17) is 4.74 Å². The number of aromatic nitrogens is 2. The summed E-state index contributed by atoms with van der Waals surface area (Å²) < 4.78 is 5.71. The highest BCUT2D eigenvalue weighted by Gasteiger charge is 2.31. The molecule has 0 saturated carbocycles. The smallest absolute Gasteiger partial charge is 0.257 e. The van der Waals surface area contributed by atoms with Crippen LogP contribution in [0.1, 0.15) is 43.2 Å². The third-order valence-electron chi connectivity index (χ3n) is 5.05. The molecule has 4 rings (SSSR count). The van der Waals surface area contributed by atoms with E-state index in [2.05, 4.69) is 22.2 Å². The first kappa shape index (κ1) is 18.9. The molecule has 0 saturated heterocycles. The van der Waals surface area contributed by atoms with Gasteiger partial charge in [-0.05, 0) is 24.1 Å². The summed E-state index contributed by atoms with van der Waals surface area (Å²) in [6.07, 6.45) is 2.29. The maximum atomic E-state index is 12.9. The van der Waals surface area contributed by atoms with Gasteiger partial charge in [0.15, 0.2) is 0 Å². The van der Waals surface area contributed by atoms with Gasteiger partial charge >= 0.3 is 0 Å². The minimum atomic E-state index is -0.343. The van der Waals surface area contributed by atoms with Crippen LogP contribution < -0.4 is 15.6 Å². The SMILES string of the molecule is CCCCOc1ccc(C2CC(=O)Nc3nc(-c4ccccc4)[nH]c(=O)c32)cc1. The number of fused-ring (bicyclic) bond motifs is 1. The molecule has 0 spiro atoms. The number of nitrogens with one attached hydrogen (secondary N) is 2. The Hall–Kier alpha value is -3.41. The number of H-pyrrole nitrogens is 1. The third kappa shape index (κ3) is 4.06. The second-order valence-corrected chi connectivity index (χ2v) is 7.12. The summed E-state index contributed by atoms with van der Waals surface area (Å²) in [6, 6.07) is 17.0. The number of unbranched alkanes of at least 4 members (excludes halogenated alkanes) is 1. The van der Waals surface area contributed by atoms with E-state index in [1.165, 1.54) is 0 Å². The van der Waals surface area contributed by atoms with Crippen molar-refractivity contribution in [3.63, 3.8) is 0 Å². The van der Waals surface area contributed by atoms with E-state index in [0.717, 1.165) is 29.7 Å². The van der Waals surface area contributed by atoms with Crippen LogP contribution in [0.3, 0.4) is 0 Å². The largest absolute Gasteiger partial charge is 0.494 e. The standard InChI is InChI=1S/C23H23N3O3/c1-2-3-13-29-17-11-9-15(10-12-17)18-14-19(27)24-22-20(18)23(28)26-21(25-22)16-7-5-4-6-8-16/h4-12,18H,2-3,13-14H2,1H3,(H2,24,25,26,27,28). The lowest BCUT2D eigenvalue weighted by molar-refractivity contribution is -0.116. The van der Waals surface area contributed by atoms with Crippen LogP contribution in [0.25, 0.3) is 11.4 Å². The van der Waals surface area contributed by atoms with E-state index in [9.17, 15) is 9.59 Å². The summed E-state index contributed by atoms with van der Waals surface area (Å²) in [4.78, 5) is 32.6. The lowest BCUT2D eigenvalue weighted by atomic mass is 9.87. The zero-order valence-corrected chi connectivity index (χ0v) is 16.3. The van der Waals surface area contributed by atoms with Crippen molar-refractivity contribution in [1.82, 2.24) is 9.97 Å². The Morgan fingerprint density at radius 2 is 1.83 bits per heavy atom. The Kier molecular flexibility index (Phi) is 5.42. The zero-order chi connectivity index (χ0) is 20.2. The zero-order valence-electron chi connectivity index (χ0n) is 16.3. The van der Waals surface area contributed by atoms with Gasteiger partial charge in [-0.25, -0.2) is 4.98 Å². The molecule has 1 aliphatic heterocycles. The molecule has 0 fully saturated rings. The van der Waals surface area contributed by atoms with E-state index in [-0.39, 0.29) is 23.8 Å². The Morgan fingerprint density at radius 3 is 2.55 bits per heavy atom. The third-order valence-corrected chi connectivity index (χ3v) is 5.05. The predicted molar refractivity (Wildman–Crippen MR) is 112 cm³/mol. The average Bonchev–Trinajstić information content (AvgIpc) is 2.74. The number of amides is 1. The van der Waals surface area contributed by atoms with Crippen molar-refractivity contribution in [2.45, 2.75) is 32.1 Å². The molecule has 1 amide bonds. The van der Waals surface area contributed by atoms with Crippen LogP contribution in [-0.4, -0.2) is 22.5 Å². The van der Waals surface area contributed by atoms with Crippen LogP contribution in [0.15, 0.2) is 59.4 Å². The molecule has 29 heavy (non-hydrogen) atoms. The molecule has 1 atom stereocenters. The van der Waals surface area contributed by atoms with Crippen LogP contribution in [0.2, 0.25) is 0 Å². The summed E-state index contributed by atoms with van der Waals surface area (Å²) in [6.45, 7) is 2.79. The highest BCUT2D eigenvalue weighted by atomic mass is 16.5.